The van der Waals surface area contributed by atoms with Crippen LogP contribution in [0, 0.1) is 5.82 Å². The highest BCUT2D eigenvalue weighted by Gasteiger charge is 2.04. The summed E-state index contributed by atoms with van der Waals surface area (Å²) in [5.74, 6) is -0.427. The number of halogens is 2. The Labute approximate surface area is 95.0 Å². The monoisotopic (exact) mass is 272 g/mol. The number of hydrogen-bond donors (Lipinski definition) is 2. The Hall–Kier alpha value is -1.43. The molecule has 0 saturated carbocycles. The summed E-state index contributed by atoms with van der Waals surface area (Å²) in [5, 5.41) is 7.45. The molecule has 0 saturated heterocycles. The van der Waals surface area contributed by atoms with Crippen molar-refractivity contribution in [3.8, 4) is 0 Å². The number of nitrogens with two attached hydrogens (primary N) is 2. The predicted octanol–water partition coefficient (Wildman–Crippen LogP) is 1.33. The van der Waals surface area contributed by atoms with Crippen LogP contribution in [0.25, 0.3) is 0 Å². The molecule has 0 unspecified atom stereocenters. The third-order valence-electron chi connectivity index (χ3n) is 1.66. The zero-order valence-corrected chi connectivity index (χ0v) is 9.41. The van der Waals surface area contributed by atoms with Crippen LogP contribution in [-0.4, -0.2) is 12.2 Å². The molecule has 4 nitrogen and oxygen atoms in total. The molecule has 0 aliphatic heterocycles. The SMILES string of the molecule is NC(N)=NN=Cc1cccc(F)c1CBr. The van der Waals surface area contributed by atoms with Crippen LogP contribution in [0.2, 0.25) is 0 Å². The molecule has 1 aromatic carbocycles. The van der Waals surface area contributed by atoms with Gasteiger partial charge < -0.3 is 11.5 Å². The second-order valence-electron chi connectivity index (χ2n) is 2.71. The van der Waals surface area contributed by atoms with E-state index < -0.39 is 0 Å². The van der Waals surface area contributed by atoms with E-state index in [0.29, 0.717) is 16.5 Å². The Kier molecular flexibility index (Phi) is 4.23. The Balaban J connectivity index is 2.99. The van der Waals surface area contributed by atoms with Crippen molar-refractivity contribution < 1.29 is 4.39 Å². The molecule has 1 aromatic rings. The molecule has 15 heavy (non-hydrogen) atoms. The van der Waals surface area contributed by atoms with Gasteiger partial charge >= 0.3 is 0 Å². The van der Waals surface area contributed by atoms with Crippen LogP contribution in [-0.2, 0) is 5.33 Å². The topological polar surface area (TPSA) is 76.8 Å². The lowest BCUT2D eigenvalue weighted by atomic mass is 10.1. The third kappa shape index (κ3) is 3.32. The Morgan fingerprint density at radius 2 is 2.20 bits per heavy atom. The van der Waals surface area contributed by atoms with Crippen LogP contribution >= 0.6 is 15.9 Å². The van der Waals surface area contributed by atoms with Gasteiger partial charge in [0.05, 0.1) is 6.21 Å². The molecule has 0 spiro atoms. The molecule has 0 amide bonds. The Morgan fingerprint density at radius 3 is 2.80 bits per heavy atom. The lowest BCUT2D eigenvalue weighted by Crippen LogP contribution is -2.21. The van der Waals surface area contributed by atoms with E-state index in [2.05, 4.69) is 26.1 Å². The van der Waals surface area contributed by atoms with E-state index in [1.165, 1.54) is 12.3 Å². The van der Waals surface area contributed by atoms with Gasteiger partial charge in [0.15, 0.2) is 0 Å². The summed E-state index contributed by atoms with van der Waals surface area (Å²) in [6, 6.07) is 4.71. The van der Waals surface area contributed by atoms with Gasteiger partial charge in [-0.15, -0.1) is 5.10 Å². The summed E-state index contributed by atoms with van der Waals surface area (Å²) in [6.45, 7) is 0. The van der Waals surface area contributed by atoms with E-state index in [9.17, 15) is 4.39 Å². The van der Waals surface area contributed by atoms with Gasteiger partial charge in [0.2, 0.25) is 5.96 Å². The van der Waals surface area contributed by atoms with Crippen molar-refractivity contribution in [1.82, 2.24) is 0 Å². The van der Waals surface area contributed by atoms with Crippen molar-refractivity contribution in [3.05, 3.63) is 35.1 Å². The van der Waals surface area contributed by atoms with Crippen LogP contribution in [0.5, 0.6) is 0 Å². The van der Waals surface area contributed by atoms with Crippen molar-refractivity contribution in [1.29, 1.82) is 0 Å². The summed E-state index contributed by atoms with van der Waals surface area (Å²) >= 11 is 3.19. The standard InChI is InChI=1S/C9H10BrFN4/c10-4-7-6(2-1-3-8(7)11)5-14-15-9(12)13/h1-3,5H,4H2,(H4,12,13,15). The largest absolute Gasteiger partial charge is 0.369 e. The molecular formula is C9H10BrFN4. The maximum atomic E-state index is 13.3. The molecule has 80 valence electrons. The summed E-state index contributed by atoms with van der Waals surface area (Å²) in [4.78, 5) is 0. The lowest BCUT2D eigenvalue weighted by Gasteiger charge is -2.01. The number of benzene rings is 1. The average Bonchev–Trinajstić information content (AvgIpc) is 2.17. The van der Waals surface area contributed by atoms with Crippen LogP contribution in [0.1, 0.15) is 11.1 Å². The van der Waals surface area contributed by atoms with Crippen molar-refractivity contribution >= 4 is 28.1 Å². The first-order valence-corrected chi connectivity index (χ1v) is 5.22. The van der Waals surface area contributed by atoms with E-state index in [1.807, 2.05) is 0 Å². The van der Waals surface area contributed by atoms with Crippen molar-refractivity contribution in [2.24, 2.45) is 21.7 Å². The van der Waals surface area contributed by atoms with E-state index in [1.54, 1.807) is 12.1 Å². The Bertz CT molecular complexity index is 399. The number of alkyl halides is 1. The molecule has 0 aliphatic carbocycles. The summed E-state index contributed by atoms with van der Waals surface area (Å²) in [6.07, 6.45) is 1.40. The Morgan fingerprint density at radius 1 is 1.47 bits per heavy atom. The number of rotatable bonds is 3. The highest BCUT2D eigenvalue weighted by molar-refractivity contribution is 9.08. The molecule has 0 aliphatic rings. The molecule has 0 radical (unpaired) electrons. The fraction of sp³-hybridized carbons (Fsp3) is 0.111. The molecule has 0 aromatic heterocycles. The fourth-order valence-electron chi connectivity index (χ4n) is 0.995. The first kappa shape index (κ1) is 11.6. The van der Waals surface area contributed by atoms with Gasteiger partial charge in [-0.25, -0.2) is 4.39 Å². The number of nitrogens with zero attached hydrogens (tertiary/aromatic N) is 2. The first-order valence-electron chi connectivity index (χ1n) is 4.10. The average molecular weight is 273 g/mol. The smallest absolute Gasteiger partial charge is 0.211 e. The van der Waals surface area contributed by atoms with Gasteiger partial charge in [-0.1, -0.05) is 28.1 Å². The predicted molar refractivity (Wildman–Crippen MR) is 62.4 cm³/mol. The van der Waals surface area contributed by atoms with E-state index in [-0.39, 0.29) is 11.8 Å². The van der Waals surface area contributed by atoms with Gasteiger partial charge in [0.25, 0.3) is 0 Å². The quantitative estimate of drug-likeness (QED) is 0.377. The summed E-state index contributed by atoms with van der Waals surface area (Å²) < 4.78 is 13.3. The van der Waals surface area contributed by atoms with Crippen LogP contribution in [0.4, 0.5) is 4.39 Å². The molecule has 0 fully saturated rings. The van der Waals surface area contributed by atoms with Gasteiger partial charge in [0, 0.05) is 16.5 Å². The van der Waals surface area contributed by atoms with Crippen LogP contribution in [0.15, 0.2) is 28.4 Å². The summed E-state index contributed by atoms with van der Waals surface area (Å²) in [7, 11) is 0. The zero-order valence-electron chi connectivity index (χ0n) is 7.82. The lowest BCUT2D eigenvalue weighted by molar-refractivity contribution is 0.617. The minimum Gasteiger partial charge on any atom is -0.369 e. The van der Waals surface area contributed by atoms with Crippen LogP contribution in [0.3, 0.4) is 0 Å². The second-order valence-corrected chi connectivity index (χ2v) is 3.27. The van der Waals surface area contributed by atoms with Gasteiger partial charge in [-0.3, -0.25) is 0 Å². The maximum Gasteiger partial charge on any atom is 0.211 e. The molecule has 4 N–H and O–H groups in total. The minimum atomic E-state index is -0.291. The van der Waals surface area contributed by atoms with Gasteiger partial charge in [-0.05, 0) is 6.07 Å². The van der Waals surface area contributed by atoms with E-state index in [4.69, 9.17) is 11.5 Å². The van der Waals surface area contributed by atoms with E-state index in [0.717, 1.165) is 0 Å². The fourth-order valence-corrected chi connectivity index (χ4v) is 1.59. The number of guanidine groups is 1. The molecular weight excluding hydrogens is 263 g/mol. The zero-order chi connectivity index (χ0) is 11.3. The molecule has 0 bridgehead atoms. The molecule has 6 heteroatoms. The maximum absolute atomic E-state index is 13.3. The van der Waals surface area contributed by atoms with Gasteiger partial charge in [0.1, 0.15) is 5.82 Å². The molecule has 0 atom stereocenters. The summed E-state index contributed by atoms with van der Waals surface area (Å²) in [5.41, 5.74) is 11.3. The molecule has 0 heterocycles. The van der Waals surface area contributed by atoms with Gasteiger partial charge in [-0.2, -0.15) is 5.10 Å². The van der Waals surface area contributed by atoms with Crippen molar-refractivity contribution in [3.63, 3.8) is 0 Å². The van der Waals surface area contributed by atoms with Crippen molar-refractivity contribution in [2.45, 2.75) is 5.33 Å². The highest BCUT2D eigenvalue weighted by Crippen LogP contribution is 2.15. The van der Waals surface area contributed by atoms with Crippen LogP contribution < -0.4 is 11.5 Å². The minimum absolute atomic E-state index is 0.136. The van der Waals surface area contributed by atoms with Crippen molar-refractivity contribution in [2.75, 3.05) is 0 Å². The first-order chi connectivity index (χ1) is 7.15. The number of hydrogen-bond acceptors (Lipinski definition) is 2. The molecule has 1 rings (SSSR count). The third-order valence-corrected chi connectivity index (χ3v) is 2.22. The second kappa shape index (κ2) is 5.45. The normalized spacial score (nSPS) is 10.5. The highest BCUT2D eigenvalue weighted by atomic mass is 79.9. The van der Waals surface area contributed by atoms with E-state index >= 15 is 0 Å².